The third-order valence-corrected chi connectivity index (χ3v) is 7.32. The van der Waals surface area contributed by atoms with E-state index in [4.69, 9.17) is 0 Å². The first-order valence-corrected chi connectivity index (χ1v) is 11.3. The summed E-state index contributed by atoms with van der Waals surface area (Å²) in [6, 6.07) is 4.30. The first kappa shape index (κ1) is 23.7. The van der Waals surface area contributed by atoms with Crippen LogP contribution < -0.4 is 10.9 Å². The van der Waals surface area contributed by atoms with E-state index in [0.717, 1.165) is 69.5 Å². The molecule has 0 saturated carbocycles. The number of piperidine rings is 1. The smallest absolute Gasteiger partial charge is 0.255 e. The summed E-state index contributed by atoms with van der Waals surface area (Å²) >= 11 is 1.72. The number of rotatable bonds is 4. The number of nitrogens with zero attached hydrogens (tertiary/aromatic N) is 4. The first-order valence-electron chi connectivity index (χ1n) is 10.4. The van der Waals surface area contributed by atoms with Gasteiger partial charge in [0.2, 0.25) is 0 Å². The lowest BCUT2D eigenvalue weighted by Gasteiger charge is -2.38. The van der Waals surface area contributed by atoms with E-state index >= 15 is 0 Å². The summed E-state index contributed by atoms with van der Waals surface area (Å²) in [6.45, 7) is 10.8. The fourth-order valence-electron chi connectivity index (χ4n) is 5.01. The summed E-state index contributed by atoms with van der Waals surface area (Å²) in [5.74, 6) is 1.12. The van der Waals surface area contributed by atoms with Crippen molar-refractivity contribution in [2.75, 3.05) is 39.3 Å². The zero-order chi connectivity index (χ0) is 19.1. The minimum atomic E-state index is 0. The fourth-order valence-corrected chi connectivity index (χ4v) is 5.62. The molecule has 2 saturated heterocycles. The summed E-state index contributed by atoms with van der Waals surface area (Å²) in [5, 5.41) is 6.83. The third-order valence-electron chi connectivity index (χ3n) is 6.50. The number of thiazole rings is 1. The van der Waals surface area contributed by atoms with Crippen LogP contribution in [0, 0.1) is 12.8 Å². The summed E-state index contributed by atoms with van der Waals surface area (Å²) in [5.41, 5.74) is 3.62. The molecule has 6 nitrogen and oxygen atoms in total. The number of halogens is 2. The molecule has 30 heavy (non-hydrogen) atoms. The highest BCUT2D eigenvalue weighted by Crippen LogP contribution is 2.31. The van der Waals surface area contributed by atoms with Crippen molar-refractivity contribution in [3.63, 3.8) is 0 Å². The number of aromatic nitrogens is 2. The monoisotopic (exact) mass is 471 g/mol. The highest BCUT2D eigenvalue weighted by atomic mass is 35.5. The number of hydrogen-bond donors (Lipinski definition) is 1. The Morgan fingerprint density at radius 1 is 1.10 bits per heavy atom. The lowest BCUT2D eigenvalue weighted by molar-refractivity contribution is 0.120. The van der Waals surface area contributed by atoms with Gasteiger partial charge in [0.1, 0.15) is 0 Å². The number of aryl methyl sites for hydroxylation is 1. The number of pyridine rings is 1. The standard InChI is InChI=1S/C21H29N5OS.2ClH/c1-15-23-19(14-28-15)13-25-6-4-24(5-7-25)12-17-2-3-20-18-8-16(9-22-10-18)11-26(20)21(17)27;;/h2-3,14,16,18,22H,4-13H2,1H3;2*1H/t16-,18+;;/m0../s1. The molecule has 0 aliphatic carbocycles. The SMILES string of the molecule is Cc1nc(CN2CCN(Cc3ccc4n(c3=O)C[C@@H]3CNC[C@H]4C3)CC2)cs1.Cl.Cl. The first-order chi connectivity index (χ1) is 13.7. The largest absolute Gasteiger partial charge is 0.316 e. The molecule has 2 aromatic heterocycles. The summed E-state index contributed by atoms with van der Waals surface area (Å²) in [4.78, 5) is 22.6. The number of piperazine rings is 1. The van der Waals surface area contributed by atoms with Gasteiger partial charge in [-0.25, -0.2) is 4.98 Å². The van der Waals surface area contributed by atoms with E-state index < -0.39 is 0 Å². The van der Waals surface area contributed by atoms with Gasteiger partial charge in [-0.1, -0.05) is 6.07 Å². The Balaban J connectivity index is 0.00000128. The van der Waals surface area contributed by atoms with Gasteiger partial charge in [0, 0.05) is 74.9 Å². The maximum atomic E-state index is 13.1. The van der Waals surface area contributed by atoms with Crippen LogP contribution in [0.25, 0.3) is 0 Å². The topological polar surface area (TPSA) is 53.4 Å². The van der Waals surface area contributed by atoms with Gasteiger partial charge in [-0.3, -0.25) is 14.6 Å². The van der Waals surface area contributed by atoms with Gasteiger partial charge in [0.25, 0.3) is 5.56 Å². The molecule has 0 radical (unpaired) electrons. The second kappa shape index (κ2) is 10.1. The minimum Gasteiger partial charge on any atom is -0.316 e. The minimum absolute atomic E-state index is 0. The Morgan fingerprint density at radius 3 is 2.53 bits per heavy atom. The molecular formula is C21H31Cl2N5OS. The number of nitrogens with one attached hydrogen (secondary N) is 1. The molecule has 2 fully saturated rings. The fraction of sp³-hybridized carbons (Fsp3) is 0.619. The molecule has 3 aliphatic rings. The van der Waals surface area contributed by atoms with Crippen LogP contribution in [0.4, 0.5) is 0 Å². The molecule has 5 rings (SSSR count). The highest BCUT2D eigenvalue weighted by molar-refractivity contribution is 7.09. The Morgan fingerprint density at radius 2 is 1.83 bits per heavy atom. The molecule has 9 heteroatoms. The normalized spacial score (nSPS) is 23.9. The van der Waals surface area contributed by atoms with Crippen LogP contribution in [0.3, 0.4) is 0 Å². The van der Waals surface area contributed by atoms with E-state index in [9.17, 15) is 4.79 Å². The van der Waals surface area contributed by atoms with E-state index in [0.29, 0.717) is 11.8 Å². The zero-order valence-electron chi connectivity index (χ0n) is 17.4. The van der Waals surface area contributed by atoms with Crippen molar-refractivity contribution >= 4 is 36.2 Å². The van der Waals surface area contributed by atoms with E-state index in [2.05, 4.69) is 49.1 Å². The summed E-state index contributed by atoms with van der Waals surface area (Å²) in [7, 11) is 0. The highest BCUT2D eigenvalue weighted by Gasteiger charge is 2.31. The van der Waals surface area contributed by atoms with Crippen molar-refractivity contribution in [1.29, 1.82) is 0 Å². The van der Waals surface area contributed by atoms with Crippen LogP contribution in [0.2, 0.25) is 0 Å². The average molecular weight is 472 g/mol. The van der Waals surface area contributed by atoms with Crippen molar-refractivity contribution in [3.05, 3.63) is 49.8 Å². The van der Waals surface area contributed by atoms with E-state index in [1.165, 1.54) is 17.8 Å². The van der Waals surface area contributed by atoms with Crippen LogP contribution in [-0.2, 0) is 19.6 Å². The summed E-state index contributed by atoms with van der Waals surface area (Å²) < 4.78 is 2.08. The van der Waals surface area contributed by atoms with Crippen molar-refractivity contribution < 1.29 is 0 Å². The third kappa shape index (κ3) is 4.92. The molecule has 0 spiro atoms. The molecule has 0 aromatic carbocycles. The lowest BCUT2D eigenvalue weighted by Crippen LogP contribution is -2.47. The van der Waals surface area contributed by atoms with E-state index in [1.54, 1.807) is 11.3 Å². The van der Waals surface area contributed by atoms with E-state index in [1.807, 2.05) is 0 Å². The van der Waals surface area contributed by atoms with Crippen LogP contribution >= 0.6 is 36.2 Å². The Hall–Kier alpha value is -0.960. The van der Waals surface area contributed by atoms with Crippen molar-refractivity contribution in [2.24, 2.45) is 5.92 Å². The van der Waals surface area contributed by atoms with Crippen molar-refractivity contribution in [3.8, 4) is 0 Å². The van der Waals surface area contributed by atoms with Crippen LogP contribution in [0.1, 0.15) is 34.3 Å². The predicted molar refractivity (Wildman–Crippen MR) is 126 cm³/mol. The van der Waals surface area contributed by atoms with Gasteiger partial charge < -0.3 is 9.88 Å². The summed E-state index contributed by atoms with van der Waals surface area (Å²) in [6.07, 6.45) is 1.23. The average Bonchev–Trinajstić information content (AvgIpc) is 3.11. The molecule has 3 aliphatic heterocycles. The molecular weight excluding hydrogens is 441 g/mol. The molecule has 2 aromatic rings. The van der Waals surface area contributed by atoms with Gasteiger partial charge in [-0.05, 0) is 31.9 Å². The zero-order valence-corrected chi connectivity index (χ0v) is 19.8. The molecule has 0 unspecified atom stereocenters. The van der Waals surface area contributed by atoms with Crippen LogP contribution in [-0.4, -0.2) is 58.6 Å². The Labute approximate surface area is 194 Å². The second-order valence-electron chi connectivity index (χ2n) is 8.57. The molecule has 5 heterocycles. The number of fused-ring (bicyclic) bond motifs is 4. The second-order valence-corrected chi connectivity index (χ2v) is 9.63. The molecule has 2 bridgehead atoms. The van der Waals surface area contributed by atoms with Gasteiger partial charge >= 0.3 is 0 Å². The Kier molecular flexibility index (Phi) is 7.98. The quantitative estimate of drug-likeness (QED) is 0.741. The molecule has 166 valence electrons. The number of hydrogen-bond acceptors (Lipinski definition) is 6. The van der Waals surface area contributed by atoms with Crippen molar-refractivity contribution in [1.82, 2.24) is 24.7 Å². The molecule has 2 atom stereocenters. The van der Waals surface area contributed by atoms with Crippen LogP contribution in [0.15, 0.2) is 22.3 Å². The van der Waals surface area contributed by atoms with Gasteiger partial charge in [-0.15, -0.1) is 36.2 Å². The maximum absolute atomic E-state index is 13.1. The van der Waals surface area contributed by atoms with Crippen LogP contribution in [0.5, 0.6) is 0 Å². The predicted octanol–water partition coefficient (Wildman–Crippen LogP) is 2.48. The molecule has 0 amide bonds. The van der Waals surface area contributed by atoms with E-state index in [-0.39, 0.29) is 30.4 Å². The molecule has 1 N–H and O–H groups in total. The maximum Gasteiger partial charge on any atom is 0.255 e. The van der Waals surface area contributed by atoms with Gasteiger partial charge in [0.15, 0.2) is 0 Å². The van der Waals surface area contributed by atoms with Crippen molar-refractivity contribution in [2.45, 2.75) is 38.9 Å². The van der Waals surface area contributed by atoms with Gasteiger partial charge in [-0.2, -0.15) is 0 Å². The van der Waals surface area contributed by atoms with Gasteiger partial charge in [0.05, 0.1) is 10.7 Å². The lowest BCUT2D eigenvalue weighted by atomic mass is 9.84. The Bertz CT molecular complexity index is 909.